The molecular formula is C20H23N5O3. The van der Waals surface area contributed by atoms with E-state index in [-0.39, 0.29) is 28.5 Å². The van der Waals surface area contributed by atoms with Crippen molar-refractivity contribution in [2.24, 2.45) is 5.92 Å². The predicted octanol–water partition coefficient (Wildman–Crippen LogP) is 1.60. The quantitative estimate of drug-likeness (QED) is 0.639. The molecule has 3 heterocycles. The van der Waals surface area contributed by atoms with Gasteiger partial charge < -0.3 is 15.1 Å². The summed E-state index contributed by atoms with van der Waals surface area (Å²) >= 11 is 0. The number of likely N-dealkylation sites (N-methyl/N-ethyl adjacent to an activating group) is 1. The second-order valence-corrected chi connectivity index (χ2v) is 7.48. The van der Waals surface area contributed by atoms with Crippen LogP contribution in [0.2, 0.25) is 0 Å². The van der Waals surface area contributed by atoms with E-state index in [2.05, 4.69) is 27.1 Å². The lowest BCUT2D eigenvalue weighted by Crippen LogP contribution is -2.60. The van der Waals surface area contributed by atoms with E-state index in [1.165, 1.54) is 0 Å². The molecule has 2 aromatic rings. The number of aromatic nitrogens is 1. The number of hydrogen-bond donors (Lipinski definition) is 1. The minimum absolute atomic E-state index is 0.0219. The van der Waals surface area contributed by atoms with Crippen molar-refractivity contribution in [3.8, 4) is 0 Å². The highest BCUT2D eigenvalue weighted by Crippen LogP contribution is 2.37. The number of piperazine rings is 1. The summed E-state index contributed by atoms with van der Waals surface area (Å²) in [7, 11) is 2.06. The van der Waals surface area contributed by atoms with Crippen LogP contribution in [-0.4, -0.2) is 53.4 Å². The topological polar surface area (TPSA) is 91.6 Å². The van der Waals surface area contributed by atoms with Gasteiger partial charge in [-0.2, -0.15) is 0 Å². The summed E-state index contributed by atoms with van der Waals surface area (Å²) in [4.78, 5) is 32.4. The first-order chi connectivity index (χ1) is 13.5. The van der Waals surface area contributed by atoms with Gasteiger partial charge in [0.15, 0.2) is 0 Å². The largest absolute Gasteiger partial charge is 0.365 e. The number of benzene rings is 1. The van der Waals surface area contributed by atoms with Gasteiger partial charge in [0, 0.05) is 56.4 Å². The Kier molecular flexibility index (Phi) is 4.95. The fraction of sp³-hybridized carbons (Fsp3) is 0.400. The summed E-state index contributed by atoms with van der Waals surface area (Å²) in [6, 6.07) is 8.82. The molecule has 1 N–H and O–H groups in total. The molecule has 146 valence electrons. The van der Waals surface area contributed by atoms with Gasteiger partial charge in [0.1, 0.15) is 0 Å². The van der Waals surface area contributed by atoms with E-state index < -0.39 is 0 Å². The molecule has 0 bridgehead atoms. The summed E-state index contributed by atoms with van der Waals surface area (Å²) in [6.07, 6.45) is 3.94. The van der Waals surface area contributed by atoms with Crippen molar-refractivity contribution in [2.75, 3.05) is 31.6 Å². The minimum Gasteiger partial charge on any atom is -0.365 e. The molecular weight excluding hydrogens is 358 g/mol. The Balaban J connectivity index is 1.59. The molecule has 2 aliphatic heterocycles. The van der Waals surface area contributed by atoms with Gasteiger partial charge in [0.05, 0.1) is 16.9 Å². The van der Waals surface area contributed by atoms with Crippen molar-refractivity contribution in [1.82, 2.24) is 15.2 Å². The molecule has 1 aromatic heterocycles. The van der Waals surface area contributed by atoms with E-state index in [0.29, 0.717) is 13.0 Å². The highest BCUT2D eigenvalue weighted by atomic mass is 16.6. The van der Waals surface area contributed by atoms with Crippen LogP contribution in [0.1, 0.15) is 11.1 Å². The molecule has 4 rings (SSSR count). The number of nitrogens with one attached hydrogen (secondary N) is 1. The Bertz CT molecular complexity index is 889. The van der Waals surface area contributed by atoms with E-state index in [9.17, 15) is 14.9 Å². The standard InChI is InChI=1S/C20H23N5O3/c1-23-7-8-24-18-5-4-16(25(27)28)9-15(18)10-17(19(24)13-23)20(26)22-12-14-3-2-6-21-11-14/h2-6,9,11,17,19H,7-8,10,12-13H2,1H3,(H,22,26)/t17-,19-/m0/s1. The smallest absolute Gasteiger partial charge is 0.269 e. The van der Waals surface area contributed by atoms with Crippen LogP contribution in [0, 0.1) is 16.0 Å². The maximum atomic E-state index is 13.1. The van der Waals surface area contributed by atoms with Crippen molar-refractivity contribution in [3.63, 3.8) is 0 Å². The summed E-state index contributed by atoms with van der Waals surface area (Å²) < 4.78 is 0. The van der Waals surface area contributed by atoms with Crippen molar-refractivity contribution in [1.29, 1.82) is 0 Å². The van der Waals surface area contributed by atoms with Gasteiger partial charge in [0.25, 0.3) is 5.69 Å². The Morgan fingerprint density at radius 1 is 1.36 bits per heavy atom. The number of amides is 1. The monoisotopic (exact) mass is 381 g/mol. The molecule has 1 fully saturated rings. The Morgan fingerprint density at radius 3 is 2.96 bits per heavy atom. The SMILES string of the molecule is CN1CCN2c3ccc([N+](=O)[O-])cc3C[C@H](C(=O)NCc3cccnc3)[C@@H]2C1. The van der Waals surface area contributed by atoms with Crippen molar-refractivity contribution >= 4 is 17.3 Å². The van der Waals surface area contributed by atoms with Crippen LogP contribution >= 0.6 is 0 Å². The molecule has 0 saturated carbocycles. The number of carbonyl (C=O) groups is 1. The van der Waals surface area contributed by atoms with E-state index in [1.807, 2.05) is 18.2 Å². The number of nitrogens with zero attached hydrogens (tertiary/aromatic N) is 4. The predicted molar refractivity (Wildman–Crippen MR) is 105 cm³/mol. The fourth-order valence-electron chi connectivity index (χ4n) is 4.19. The molecule has 2 aliphatic rings. The Labute approximate surface area is 163 Å². The molecule has 0 aliphatic carbocycles. The van der Waals surface area contributed by atoms with Crippen LogP contribution < -0.4 is 10.2 Å². The summed E-state index contributed by atoms with van der Waals surface area (Å²) in [6.45, 7) is 2.92. The molecule has 2 atom stereocenters. The highest BCUT2D eigenvalue weighted by molar-refractivity contribution is 5.82. The van der Waals surface area contributed by atoms with Crippen molar-refractivity contribution < 1.29 is 9.72 Å². The lowest BCUT2D eigenvalue weighted by atomic mass is 9.83. The zero-order chi connectivity index (χ0) is 19.7. The highest BCUT2D eigenvalue weighted by Gasteiger charge is 2.41. The van der Waals surface area contributed by atoms with E-state index >= 15 is 0 Å². The molecule has 0 radical (unpaired) electrons. The first-order valence-corrected chi connectivity index (χ1v) is 9.42. The first-order valence-electron chi connectivity index (χ1n) is 9.42. The molecule has 1 aromatic carbocycles. The number of carbonyl (C=O) groups excluding carboxylic acids is 1. The Morgan fingerprint density at radius 2 is 2.21 bits per heavy atom. The Hall–Kier alpha value is -3.00. The van der Waals surface area contributed by atoms with Gasteiger partial charge in [-0.3, -0.25) is 19.9 Å². The summed E-state index contributed by atoms with van der Waals surface area (Å²) in [5.74, 6) is -0.278. The van der Waals surface area contributed by atoms with Crippen LogP contribution in [0.15, 0.2) is 42.7 Å². The molecule has 8 nitrogen and oxygen atoms in total. The maximum Gasteiger partial charge on any atom is 0.269 e. The van der Waals surface area contributed by atoms with Crippen molar-refractivity contribution in [3.05, 3.63) is 64.0 Å². The average Bonchev–Trinajstić information content (AvgIpc) is 2.71. The normalized spacial score (nSPS) is 21.5. The van der Waals surface area contributed by atoms with Crippen molar-refractivity contribution in [2.45, 2.75) is 19.0 Å². The second kappa shape index (κ2) is 7.55. The summed E-state index contributed by atoms with van der Waals surface area (Å²) in [5, 5.41) is 14.2. The molecule has 8 heteroatoms. The van der Waals surface area contributed by atoms with Crippen LogP contribution in [0.25, 0.3) is 0 Å². The third kappa shape index (κ3) is 3.55. The maximum absolute atomic E-state index is 13.1. The molecule has 0 spiro atoms. The van der Waals surface area contributed by atoms with Gasteiger partial charge in [-0.05, 0) is 36.7 Å². The van der Waals surface area contributed by atoms with Crippen LogP contribution in [0.4, 0.5) is 11.4 Å². The van der Waals surface area contributed by atoms with E-state index in [1.54, 1.807) is 24.5 Å². The third-order valence-corrected chi connectivity index (χ3v) is 5.64. The lowest BCUT2D eigenvalue weighted by Gasteiger charge is -2.48. The summed E-state index contributed by atoms with van der Waals surface area (Å²) in [5.41, 5.74) is 2.90. The number of pyridine rings is 1. The zero-order valence-corrected chi connectivity index (χ0v) is 15.7. The van der Waals surface area contributed by atoms with Gasteiger partial charge in [-0.1, -0.05) is 6.07 Å². The molecule has 1 saturated heterocycles. The first kappa shape index (κ1) is 18.4. The van der Waals surface area contributed by atoms with E-state index in [4.69, 9.17) is 0 Å². The number of anilines is 1. The number of nitro benzene ring substituents is 1. The van der Waals surface area contributed by atoms with Crippen LogP contribution in [0.3, 0.4) is 0 Å². The fourth-order valence-corrected chi connectivity index (χ4v) is 4.19. The zero-order valence-electron chi connectivity index (χ0n) is 15.7. The molecule has 28 heavy (non-hydrogen) atoms. The number of hydrogen-bond acceptors (Lipinski definition) is 6. The van der Waals surface area contributed by atoms with Gasteiger partial charge in [-0.25, -0.2) is 0 Å². The molecule has 1 amide bonds. The third-order valence-electron chi connectivity index (χ3n) is 5.64. The van der Waals surface area contributed by atoms with E-state index in [0.717, 1.165) is 36.4 Å². The lowest BCUT2D eigenvalue weighted by molar-refractivity contribution is -0.384. The van der Waals surface area contributed by atoms with Gasteiger partial charge in [0.2, 0.25) is 5.91 Å². The minimum atomic E-state index is -0.381. The second-order valence-electron chi connectivity index (χ2n) is 7.48. The number of non-ortho nitro benzene ring substituents is 1. The molecule has 0 unspecified atom stereocenters. The number of rotatable bonds is 4. The number of fused-ring (bicyclic) bond motifs is 3. The van der Waals surface area contributed by atoms with Crippen LogP contribution in [0.5, 0.6) is 0 Å². The average molecular weight is 381 g/mol. The number of nitro groups is 1. The van der Waals surface area contributed by atoms with Gasteiger partial charge in [-0.15, -0.1) is 0 Å². The van der Waals surface area contributed by atoms with Gasteiger partial charge >= 0.3 is 0 Å². The van der Waals surface area contributed by atoms with Crippen LogP contribution in [-0.2, 0) is 17.8 Å².